The number of hydrogen-bond donors (Lipinski definition) is 2. The van der Waals surface area contributed by atoms with Crippen molar-refractivity contribution in [1.82, 2.24) is 0 Å². The number of benzene rings is 1. The van der Waals surface area contributed by atoms with Gasteiger partial charge in [-0.3, -0.25) is 4.99 Å². The van der Waals surface area contributed by atoms with Gasteiger partial charge in [-0.2, -0.15) is 0 Å². The van der Waals surface area contributed by atoms with Crippen LogP contribution in [0.25, 0.3) is 0 Å². The second-order valence-electron chi connectivity index (χ2n) is 3.71. The van der Waals surface area contributed by atoms with Gasteiger partial charge in [0.15, 0.2) is 5.96 Å². The number of nitrogens with one attached hydrogen (secondary N) is 1. The number of halogens is 1. The van der Waals surface area contributed by atoms with E-state index in [4.69, 9.17) is 5.73 Å². The molecule has 0 atom stereocenters. The van der Waals surface area contributed by atoms with Crippen molar-refractivity contribution in [2.45, 2.75) is 6.42 Å². The number of rotatable bonds is 4. The topological polar surface area (TPSA) is 50.4 Å². The molecule has 0 radical (unpaired) electrons. The van der Waals surface area contributed by atoms with Crippen LogP contribution in [-0.4, -0.2) is 12.5 Å². The summed E-state index contributed by atoms with van der Waals surface area (Å²) in [5, 5.41) is 3.06. The molecular formula is C13H14IN3S. The molecule has 18 heavy (non-hydrogen) atoms. The van der Waals surface area contributed by atoms with Crippen LogP contribution in [0.15, 0.2) is 47.5 Å². The average Bonchev–Trinajstić information content (AvgIpc) is 2.76. The lowest BCUT2D eigenvalue weighted by Crippen LogP contribution is -2.22. The lowest BCUT2D eigenvalue weighted by atomic mass is 10.3. The van der Waals surface area contributed by atoms with E-state index in [1.54, 1.807) is 11.3 Å². The van der Waals surface area contributed by atoms with E-state index in [0.717, 1.165) is 12.1 Å². The van der Waals surface area contributed by atoms with Gasteiger partial charge in [0.1, 0.15) is 0 Å². The second-order valence-corrected chi connectivity index (χ2v) is 6.78. The fraction of sp³-hybridized carbons (Fsp3) is 0.154. The fourth-order valence-corrected chi connectivity index (χ4v) is 3.23. The third kappa shape index (κ3) is 4.30. The molecule has 1 aromatic carbocycles. The first kappa shape index (κ1) is 13.4. The van der Waals surface area contributed by atoms with Crippen molar-refractivity contribution in [1.29, 1.82) is 0 Å². The second kappa shape index (κ2) is 6.75. The predicted molar refractivity (Wildman–Crippen MR) is 87.3 cm³/mol. The van der Waals surface area contributed by atoms with Crippen LogP contribution in [-0.2, 0) is 6.42 Å². The Bertz CT molecular complexity index is 522. The minimum atomic E-state index is 0.465. The summed E-state index contributed by atoms with van der Waals surface area (Å²) in [5.74, 6) is 0.465. The Morgan fingerprint density at radius 3 is 2.67 bits per heavy atom. The van der Waals surface area contributed by atoms with E-state index in [0.29, 0.717) is 12.5 Å². The molecule has 0 aliphatic heterocycles. The van der Waals surface area contributed by atoms with Crippen molar-refractivity contribution in [2.75, 3.05) is 11.9 Å². The molecule has 0 saturated carbocycles. The number of thiophene rings is 1. The van der Waals surface area contributed by atoms with E-state index >= 15 is 0 Å². The summed E-state index contributed by atoms with van der Waals surface area (Å²) in [5.41, 5.74) is 6.78. The van der Waals surface area contributed by atoms with Crippen LogP contribution in [0.3, 0.4) is 0 Å². The molecule has 1 aromatic heterocycles. The maximum atomic E-state index is 5.82. The number of hydrogen-bond acceptors (Lipinski definition) is 2. The number of para-hydroxylation sites is 1. The highest BCUT2D eigenvalue weighted by Gasteiger charge is 1.97. The molecule has 5 heteroatoms. The molecule has 0 bridgehead atoms. The smallest absolute Gasteiger partial charge is 0.193 e. The molecule has 2 rings (SSSR count). The number of nitrogens with zero attached hydrogens (tertiary/aromatic N) is 1. The summed E-state index contributed by atoms with van der Waals surface area (Å²) in [6.45, 7) is 0.711. The number of anilines is 1. The molecule has 94 valence electrons. The molecule has 0 spiro atoms. The number of guanidine groups is 1. The maximum absolute atomic E-state index is 5.82. The van der Waals surface area contributed by atoms with Gasteiger partial charge >= 0.3 is 0 Å². The quantitative estimate of drug-likeness (QED) is 0.492. The Labute approximate surface area is 124 Å². The van der Waals surface area contributed by atoms with Crippen LogP contribution in [0.5, 0.6) is 0 Å². The summed E-state index contributed by atoms with van der Waals surface area (Å²) in [4.78, 5) is 5.65. The van der Waals surface area contributed by atoms with Gasteiger partial charge in [-0.15, -0.1) is 11.3 Å². The highest BCUT2D eigenvalue weighted by molar-refractivity contribution is 14.1. The largest absolute Gasteiger partial charge is 0.370 e. The molecule has 1 heterocycles. The minimum Gasteiger partial charge on any atom is -0.370 e. The molecule has 3 nitrogen and oxygen atoms in total. The molecule has 0 saturated heterocycles. The normalized spacial score (nSPS) is 11.5. The van der Waals surface area contributed by atoms with Gasteiger partial charge in [0, 0.05) is 23.5 Å². The molecular weight excluding hydrogens is 357 g/mol. The van der Waals surface area contributed by atoms with Crippen molar-refractivity contribution in [3.05, 3.63) is 50.2 Å². The summed E-state index contributed by atoms with van der Waals surface area (Å²) in [7, 11) is 0. The lowest BCUT2D eigenvalue weighted by molar-refractivity contribution is 0.983. The van der Waals surface area contributed by atoms with Gasteiger partial charge in [-0.1, -0.05) is 18.2 Å². The molecule has 0 aliphatic rings. The minimum absolute atomic E-state index is 0.465. The van der Waals surface area contributed by atoms with Crippen LogP contribution in [0, 0.1) is 2.88 Å². The van der Waals surface area contributed by atoms with E-state index < -0.39 is 0 Å². The highest BCUT2D eigenvalue weighted by Crippen LogP contribution is 2.18. The van der Waals surface area contributed by atoms with Crippen molar-refractivity contribution in [3.63, 3.8) is 0 Å². The lowest BCUT2D eigenvalue weighted by Gasteiger charge is -2.04. The molecule has 0 unspecified atom stereocenters. The van der Waals surface area contributed by atoms with Crippen LogP contribution < -0.4 is 11.1 Å². The van der Waals surface area contributed by atoms with Crippen LogP contribution in [0.2, 0.25) is 0 Å². The SMILES string of the molecule is NC(=NCCc1ccc(I)s1)Nc1ccccc1. The number of aliphatic imine (C=N–C) groups is 1. The Kier molecular flexibility index (Phi) is 5.00. The molecule has 0 fully saturated rings. The monoisotopic (exact) mass is 371 g/mol. The first-order valence-electron chi connectivity index (χ1n) is 5.60. The van der Waals surface area contributed by atoms with Gasteiger partial charge in [0.2, 0.25) is 0 Å². The Balaban J connectivity index is 1.82. The summed E-state index contributed by atoms with van der Waals surface area (Å²) >= 11 is 4.13. The first-order valence-corrected chi connectivity index (χ1v) is 7.50. The molecule has 3 N–H and O–H groups in total. The van der Waals surface area contributed by atoms with Gasteiger partial charge in [0.25, 0.3) is 0 Å². The molecule has 2 aromatic rings. The van der Waals surface area contributed by atoms with E-state index in [1.165, 1.54) is 7.76 Å². The third-order valence-electron chi connectivity index (χ3n) is 2.32. The Morgan fingerprint density at radius 2 is 2.00 bits per heavy atom. The highest BCUT2D eigenvalue weighted by atomic mass is 127. The van der Waals surface area contributed by atoms with Crippen molar-refractivity contribution in [3.8, 4) is 0 Å². The van der Waals surface area contributed by atoms with Crippen molar-refractivity contribution >= 4 is 45.6 Å². The third-order valence-corrected chi connectivity index (χ3v) is 4.27. The van der Waals surface area contributed by atoms with Crippen LogP contribution in [0.1, 0.15) is 4.88 Å². The van der Waals surface area contributed by atoms with Crippen LogP contribution >= 0.6 is 33.9 Å². The van der Waals surface area contributed by atoms with Gasteiger partial charge in [-0.25, -0.2) is 0 Å². The predicted octanol–water partition coefficient (Wildman–Crippen LogP) is 3.32. The van der Waals surface area contributed by atoms with Crippen molar-refractivity contribution in [2.24, 2.45) is 10.7 Å². The average molecular weight is 371 g/mol. The fourth-order valence-electron chi connectivity index (χ4n) is 1.48. The van der Waals surface area contributed by atoms with Crippen LogP contribution in [0.4, 0.5) is 5.69 Å². The zero-order valence-electron chi connectivity index (χ0n) is 9.77. The molecule has 0 amide bonds. The zero-order valence-corrected chi connectivity index (χ0v) is 12.7. The van der Waals surface area contributed by atoms with E-state index in [1.807, 2.05) is 30.3 Å². The Morgan fingerprint density at radius 1 is 1.22 bits per heavy atom. The summed E-state index contributed by atoms with van der Waals surface area (Å²) < 4.78 is 1.31. The maximum Gasteiger partial charge on any atom is 0.193 e. The van der Waals surface area contributed by atoms with E-state index in [2.05, 4.69) is 45.0 Å². The van der Waals surface area contributed by atoms with E-state index in [-0.39, 0.29) is 0 Å². The summed E-state index contributed by atoms with van der Waals surface area (Å²) in [6.07, 6.45) is 0.935. The Hall–Kier alpha value is -1.08. The first-order chi connectivity index (χ1) is 8.74. The van der Waals surface area contributed by atoms with Gasteiger partial charge in [-0.05, 0) is 46.9 Å². The van der Waals surface area contributed by atoms with Gasteiger partial charge < -0.3 is 11.1 Å². The molecule has 0 aliphatic carbocycles. The van der Waals surface area contributed by atoms with Crippen molar-refractivity contribution < 1.29 is 0 Å². The van der Waals surface area contributed by atoms with Gasteiger partial charge in [0.05, 0.1) is 2.88 Å². The zero-order chi connectivity index (χ0) is 12.8. The standard InChI is InChI=1S/C13H14IN3S/c14-12-7-6-11(18-12)8-9-16-13(15)17-10-4-2-1-3-5-10/h1-7H,8-9H2,(H3,15,16,17). The number of nitrogens with two attached hydrogens (primary N) is 1. The summed E-state index contributed by atoms with van der Waals surface area (Å²) in [6, 6.07) is 14.1. The van der Waals surface area contributed by atoms with E-state index in [9.17, 15) is 0 Å².